The molecule has 1 aromatic carbocycles. The van der Waals surface area contributed by atoms with Crippen molar-refractivity contribution in [1.29, 1.82) is 0 Å². The molecule has 0 aliphatic heterocycles. The number of rotatable bonds is 3. The van der Waals surface area contributed by atoms with Crippen LogP contribution in [-0.4, -0.2) is 0 Å². The van der Waals surface area contributed by atoms with E-state index in [-0.39, 0.29) is 11.9 Å². The van der Waals surface area contributed by atoms with E-state index in [4.69, 9.17) is 11.6 Å². The van der Waals surface area contributed by atoms with Crippen LogP contribution in [0.15, 0.2) is 29.6 Å². The molecule has 0 radical (unpaired) electrons. The number of nitrogens with one attached hydrogen (secondary N) is 1. The van der Waals surface area contributed by atoms with E-state index in [1.165, 1.54) is 17.4 Å². The predicted molar refractivity (Wildman–Crippen MR) is 72.5 cm³/mol. The second kappa shape index (κ2) is 5.07. The summed E-state index contributed by atoms with van der Waals surface area (Å²) in [6.45, 7) is 3.81. The highest BCUT2D eigenvalue weighted by Gasteiger charge is 2.08. The second-order valence-corrected chi connectivity index (χ2v) is 5.56. The zero-order valence-electron chi connectivity index (χ0n) is 9.63. The molecule has 0 saturated carbocycles. The van der Waals surface area contributed by atoms with Crippen molar-refractivity contribution in [2.24, 2.45) is 0 Å². The Morgan fingerprint density at radius 2 is 2.12 bits per heavy atom. The molecule has 0 fully saturated rings. The van der Waals surface area contributed by atoms with Crippen LogP contribution in [0.1, 0.15) is 24.1 Å². The normalized spacial score (nSPS) is 12.5. The fourth-order valence-electron chi connectivity index (χ4n) is 1.62. The molecular formula is C13H13ClFNS. The molecule has 2 rings (SSSR count). The zero-order chi connectivity index (χ0) is 12.4. The van der Waals surface area contributed by atoms with E-state index in [1.807, 2.05) is 11.4 Å². The molecule has 1 unspecified atom stereocenters. The van der Waals surface area contributed by atoms with Gasteiger partial charge in [0.15, 0.2) is 0 Å². The lowest BCUT2D eigenvalue weighted by Crippen LogP contribution is -2.05. The molecule has 0 aliphatic rings. The smallest absolute Gasteiger partial charge is 0.126 e. The maximum absolute atomic E-state index is 13.1. The van der Waals surface area contributed by atoms with E-state index in [0.29, 0.717) is 5.56 Å². The van der Waals surface area contributed by atoms with Gasteiger partial charge in [-0.15, -0.1) is 11.3 Å². The Labute approximate surface area is 109 Å². The highest BCUT2D eigenvalue weighted by molar-refractivity contribution is 7.14. The standard InChI is InChI=1S/C13H13ClFNS/c1-8-5-11(3-4-12(8)15)16-9(2)10-6-13(14)17-7-10/h3-7,9,16H,1-2H3. The zero-order valence-corrected chi connectivity index (χ0v) is 11.2. The van der Waals surface area contributed by atoms with Crippen LogP contribution in [0, 0.1) is 12.7 Å². The molecule has 17 heavy (non-hydrogen) atoms. The Morgan fingerprint density at radius 1 is 1.35 bits per heavy atom. The van der Waals surface area contributed by atoms with Gasteiger partial charge in [-0.3, -0.25) is 0 Å². The number of benzene rings is 1. The van der Waals surface area contributed by atoms with Crippen LogP contribution in [0.5, 0.6) is 0 Å². The Balaban J connectivity index is 2.12. The Bertz CT molecular complexity index is 524. The molecule has 1 heterocycles. The third-order valence-corrected chi connectivity index (χ3v) is 3.74. The minimum Gasteiger partial charge on any atom is -0.378 e. The van der Waals surface area contributed by atoms with E-state index < -0.39 is 0 Å². The molecule has 0 amide bonds. The maximum Gasteiger partial charge on any atom is 0.126 e. The van der Waals surface area contributed by atoms with Gasteiger partial charge >= 0.3 is 0 Å². The molecule has 1 aromatic heterocycles. The quantitative estimate of drug-likeness (QED) is 0.825. The predicted octanol–water partition coefficient (Wildman–Crippen LogP) is 5.02. The Hall–Kier alpha value is -1.06. The van der Waals surface area contributed by atoms with Gasteiger partial charge in [-0.05, 0) is 54.6 Å². The van der Waals surface area contributed by atoms with E-state index in [1.54, 1.807) is 19.1 Å². The first kappa shape index (κ1) is 12.4. The molecule has 4 heteroatoms. The summed E-state index contributed by atoms with van der Waals surface area (Å²) in [5.74, 6) is -0.179. The number of hydrogen-bond acceptors (Lipinski definition) is 2. The third-order valence-electron chi connectivity index (χ3n) is 2.63. The first-order valence-corrected chi connectivity index (χ1v) is 6.58. The Kier molecular flexibility index (Phi) is 3.69. The van der Waals surface area contributed by atoms with Crippen LogP contribution in [0.3, 0.4) is 0 Å². The van der Waals surface area contributed by atoms with E-state index in [9.17, 15) is 4.39 Å². The highest BCUT2D eigenvalue weighted by Crippen LogP contribution is 2.27. The monoisotopic (exact) mass is 269 g/mol. The third kappa shape index (κ3) is 2.99. The van der Waals surface area contributed by atoms with Gasteiger partial charge in [0.05, 0.1) is 4.34 Å². The van der Waals surface area contributed by atoms with Crippen molar-refractivity contribution in [3.05, 3.63) is 50.9 Å². The topological polar surface area (TPSA) is 12.0 Å². The fraction of sp³-hybridized carbons (Fsp3) is 0.231. The summed E-state index contributed by atoms with van der Waals surface area (Å²) in [4.78, 5) is 0. The molecule has 1 nitrogen and oxygen atoms in total. The lowest BCUT2D eigenvalue weighted by molar-refractivity contribution is 0.618. The van der Waals surface area contributed by atoms with Gasteiger partial charge in [0, 0.05) is 11.7 Å². The lowest BCUT2D eigenvalue weighted by Gasteiger charge is -2.14. The average Bonchev–Trinajstić information content (AvgIpc) is 2.70. The van der Waals surface area contributed by atoms with Crippen molar-refractivity contribution in [2.45, 2.75) is 19.9 Å². The SMILES string of the molecule is Cc1cc(NC(C)c2csc(Cl)c2)ccc1F. The van der Waals surface area contributed by atoms with Gasteiger partial charge in [-0.2, -0.15) is 0 Å². The summed E-state index contributed by atoms with van der Waals surface area (Å²) in [5.41, 5.74) is 2.70. The van der Waals surface area contributed by atoms with Gasteiger partial charge in [0.1, 0.15) is 5.82 Å². The van der Waals surface area contributed by atoms with E-state index >= 15 is 0 Å². The van der Waals surface area contributed by atoms with Crippen LogP contribution in [-0.2, 0) is 0 Å². The molecule has 1 N–H and O–H groups in total. The van der Waals surface area contributed by atoms with Crippen LogP contribution >= 0.6 is 22.9 Å². The van der Waals surface area contributed by atoms with Gasteiger partial charge in [0.2, 0.25) is 0 Å². The summed E-state index contributed by atoms with van der Waals surface area (Å²) >= 11 is 7.41. The number of aryl methyl sites for hydroxylation is 1. The molecule has 0 spiro atoms. The van der Waals surface area contributed by atoms with Gasteiger partial charge in [0.25, 0.3) is 0 Å². The fourth-order valence-corrected chi connectivity index (χ4v) is 2.60. The molecule has 90 valence electrons. The van der Waals surface area contributed by atoms with Crippen molar-refractivity contribution in [3.63, 3.8) is 0 Å². The van der Waals surface area contributed by atoms with Gasteiger partial charge in [-0.25, -0.2) is 4.39 Å². The number of halogens is 2. The highest BCUT2D eigenvalue weighted by atomic mass is 35.5. The maximum atomic E-state index is 13.1. The van der Waals surface area contributed by atoms with Crippen molar-refractivity contribution in [1.82, 2.24) is 0 Å². The Morgan fingerprint density at radius 3 is 2.71 bits per heavy atom. The van der Waals surface area contributed by atoms with E-state index in [0.717, 1.165) is 15.6 Å². The molecular weight excluding hydrogens is 257 g/mol. The van der Waals surface area contributed by atoms with E-state index in [2.05, 4.69) is 12.2 Å². The average molecular weight is 270 g/mol. The molecule has 1 atom stereocenters. The van der Waals surface area contributed by atoms with Crippen LogP contribution < -0.4 is 5.32 Å². The summed E-state index contributed by atoms with van der Waals surface area (Å²) in [6.07, 6.45) is 0. The first-order chi connectivity index (χ1) is 8.06. The van der Waals surface area contributed by atoms with Gasteiger partial charge in [-0.1, -0.05) is 11.6 Å². The second-order valence-electron chi connectivity index (χ2n) is 4.01. The summed E-state index contributed by atoms with van der Waals surface area (Å²) in [5, 5.41) is 5.35. The molecule has 0 saturated heterocycles. The lowest BCUT2D eigenvalue weighted by atomic mass is 10.1. The minimum atomic E-state index is -0.179. The minimum absolute atomic E-state index is 0.156. The summed E-state index contributed by atoms with van der Waals surface area (Å²) in [7, 11) is 0. The van der Waals surface area contributed by atoms with Crippen molar-refractivity contribution in [3.8, 4) is 0 Å². The van der Waals surface area contributed by atoms with Crippen LogP contribution in [0.2, 0.25) is 4.34 Å². The number of thiophene rings is 1. The molecule has 0 aliphatic carbocycles. The first-order valence-electron chi connectivity index (χ1n) is 5.33. The van der Waals surface area contributed by atoms with Crippen molar-refractivity contribution in [2.75, 3.05) is 5.32 Å². The molecule has 2 aromatic rings. The number of anilines is 1. The summed E-state index contributed by atoms with van der Waals surface area (Å²) in [6, 6.07) is 7.13. The van der Waals surface area contributed by atoms with Crippen molar-refractivity contribution < 1.29 is 4.39 Å². The molecule has 0 bridgehead atoms. The van der Waals surface area contributed by atoms with Crippen LogP contribution in [0.4, 0.5) is 10.1 Å². The number of hydrogen-bond donors (Lipinski definition) is 1. The van der Waals surface area contributed by atoms with Gasteiger partial charge < -0.3 is 5.32 Å². The summed E-state index contributed by atoms with van der Waals surface area (Å²) < 4.78 is 13.9. The largest absolute Gasteiger partial charge is 0.378 e. The van der Waals surface area contributed by atoms with Crippen LogP contribution in [0.25, 0.3) is 0 Å². The van der Waals surface area contributed by atoms with Crippen molar-refractivity contribution >= 4 is 28.6 Å².